The molecule has 34 heteroatoms. The SMILES string of the molecule is CC(C)C[C@H](NC(=O)[C@H](CCCCN)NC(=O)[C@H](CO)NC(=O)[C@H](CO)NC(=O)[C@H](Cc1cnc[nH]1)NC(=O)N1CCOCC1)C(=O)N[C@@H](CCC(=O)O)C(=O)N[C@@H](CC(C)C)C(=O)N(C)C(C)C(=O)OC[C@H]1O[C@@H](n2cc(F)c(=O)[nH]c2=O)C[C@@H]1O. The van der Waals surface area contributed by atoms with Crippen LogP contribution >= 0.6 is 0 Å². The number of carbonyl (C=O) groups is 10. The summed E-state index contributed by atoms with van der Waals surface area (Å²) in [6.07, 6.45) is -1.52. The number of urea groups is 1. The number of carbonyl (C=O) groups excluding carboxylic acids is 9. The average Bonchev–Trinajstić information content (AvgIpc) is 2.69. The van der Waals surface area contributed by atoms with Gasteiger partial charge < -0.3 is 92.4 Å². The first-order valence-corrected chi connectivity index (χ1v) is 28.5. The second-order valence-corrected chi connectivity index (χ2v) is 21.9. The van der Waals surface area contributed by atoms with Gasteiger partial charge in [-0.05, 0) is 63.8 Å². The highest BCUT2D eigenvalue weighted by Crippen LogP contribution is 2.28. The van der Waals surface area contributed by atoms with Gasteiger partial charge in [0.05, 0.1) is 45.1 Å². The van der Waals surface area contributed by atoms with E-state index in [-0.39, 0.29) is 83.2 Å². The Hall–Kier alpha value is -7.92. The Bertz CT molecular complexity index is 2780. The Balaban J connectivity index is 1.44. The number of hydrogen-bond donors (Lipinski definition) is 14. The zero-order chi connectivity index (χ0) is 64.7. The van der Waals surface area contributed by atoms with E-state index in [0.717, 1.165) is 9.47 Å². The van der Waals surface area contributed by atoms with E-state index in [4.69, 9.17) is 19.9 Å². The molecule has 15 N–H and O–H groups in total. The van der Waals surface area contributed by atoms with Gasteiger partial charge in [-0.15, -0.1) is 0 Å². The minimum atomic E-state index is -1.79. The van der Waals surface area contributed by atoms with Gasteiger partial charge in [0.15, 0.2) is 0 Å². The smallest absolute Gasteiger partial charge is 0.330 e. The Morgan fingerprint density at radius 2 is 1.30 bits per heavy atom. The molecule has 9 amide bonds. The predicted molar refractivity (Wildman–Crippen MR) is 300 cm³/mol. The van der Waals surface area contributed by atoms with Crippen LogP contribution in [0.2, 0.25) is 0 Å². The number of aromatic nitrogens is 4. The second kappa shape index (κ2) is 35.0. The molecule has 11 atom stereocenters. The molecule has 0 aromatic carbocycles. The molecule has 2 aromatic heterocycles. The summed E-state index contributed by atoms with van der Waals surface area (Å²) in [4.78, 5) is 171. The number of rotatable bonds is 34. The summed E-state index contributed by atoms with van der Waals surface area (Å²) in [6, 6.07) is -12.7. The van der Waals surface area contributed by atoms with Crippen molar-refractivity contribution in [3.8, 4) is 0 Å². The number of aliphatic hydroxyl groups is 3. The highest BCUT2D eigenvalue weighted by atomic mass is 19.1. The van der Waals surface area contributed by atoms with Crippen molar-refractivity contribution in [1.29, 1.82) is 0 Å². The number of likely N-dealkylation sites (N-methyl/N-ethyl adjacent to an activating group) is 1. The van der Waals surface area contributed by atoms with Crippen LogP contribution in [0.4, 0.5) is 9.18 Å². The molecule has 2 saturated heterocycles. The lowest BCUT2D eigenvalue weighted by atomic mass is 9.99. The summed E-state index contributed by atoms with van der Waals surface area (Å²) in [6.45, 7) is 6.74. The molecular formula is C53H83FN14O19. The summed E-state index contributed by atoms with van der Waals surface area (Å²) in [7, 11) is 1.24. The van der Waals surface area contributed by atoms with Gasteiger partial charge in [-0.3, -0.25) is 52.7 Å². The summed E-state index contributed by atoms with van der Waals surface area (Å²) in [5.41, 5.74) is 3.88. The summed E-state index contributed by atoms with van der Waals surface area (Å²) >= 11 is 0. The predicted octanol–water partition coefficient (Wildman–Crippen LogP) is -4.93. The van der Waals surface area contributed by atoms with Gasteiger partial charge in [0.25, 0.3) is 5.56 Å². The van der Waals surface area contributed by atoms with E-state index in [2.05, 4.69) is 47.2 Å². The number of H-pyrrole nitrogens is 2. The highest BCUT2D eigenvalue weighted by Gasteiger charge is 2.40. The Morgan fingerprint density at radius 1 is 0.770 bits per heavy atom. The molecule has 33 nitrogen and oxygen atoms in total. The second-order valence-electron chi connectivity index (χ2n) is 21.9. The molecular weight excluding hydrogens is 1160 g/mol. The molecule has 2 aliphatic heterocycles. The zero-order valence-electron chi connectivity index (χ0n) is 49.4. The number of halogens is 1. The fourth-order valence-electron chi connectivity index (χ4n) is 9.14. The molecule has 4 heterocycles. The maximum Gasteiger partial charge on any atom is 0.330 e. The number of aliphatic hydroxyl groups excluding tert-OH is 3. The normalized spacial score (nSPS) is 18.6. The number of unbranched alkanes of at least 4 members (excludes halogenated alkanes) is 1. The molecule has 486 valence electrons. The van der Waals surface area contributed by atoms with Crippen LogP contribution in [0.3, 0.4) is 0 Å². The lowest BCUT2D eigenvalue weighted by molar-refractivity contribution is -0.159. The standard InChI is InChI=1S/C53H83FN14O19/c1-27(2)17-34(60-44(75)32(9-7-8-12-55)58-48(79)37(23-69)63-49(80)38(24-70)62-47(78)35(19-30-21-56-26-57-30)64-52(83)67-13-15-85-16-14-67)46(77)59-33(10-11-42(72)73)45(76)61-36(18-28(3)4)50(81)66(6)29(5)51(82)86-25-40-39(71)20-41(87-40)68-22-31(54)43(74)65-53(68)84/h21-22,26-29,32-41,69-71H,7-20,23-25,55H2,1-6H3,(H,56,57)(H,58,79)(H,59,77)(H,60,75)(H,61,76)(H,62,78)(H,63,80)(H,64,83)(H,72,73)(H,65,74,84)/t29?,32-,33-,34-,35-,36-,37-,38-,39-,40+,41+/m0/s1. The number of nitrogens with two attached hydrogens (primary N) is 1. The number of ether oxygens (including phenoxy) is 3. The number of nitrogens with zero attached hydrogens (tertiary/aromatic N) is 4. The van der Waals surface area contributed by atoms with Crippen molar-refractivity contribution in [2.75, 3.05) is 59.7 Å². The average molecular weight is 1240 g/mol. The van der Waals surface area contributed by atoms with E-state index < -0.39 is 176 Å². The molecule has 2 fully saturated rings. The molecule has 0 saturated carbocycles. The van der Waals surface area contributed by atoms with Crippen LogP contribution in [0.1, 0.15) is 97.9 Å². The molecule has 0 radical (unpaired) electrons. The molecule has 0 aliphatic carbocycles. The van der Waals surface area contributed by atoms with Gasteiger partial charge in [-0.2, -0.15) is 4.39 Å². The maximum atomic E-state index is 14.2. The highest BCUT2D eigenvalue weighted by molar-refractivity contribution is 5.98. The first-order chi connectivity index (χ1) is 41.2. The number of hydrogen-bond acceptors (Lipinski definition) is 20. The van der Waals surface area contributed by atoms with Crippen LogP contribution in [0, 0.1) is 17.7 Å². The number of imidazole rings is 1. The summed E-state index contributed by atoms with van der Waals surface area (Å²) < 4.78 is 30.9. The monoisotopic (exact) mass is 1240 g/mol. The van der Waals surface area contributed by atoms with Crippen molar-refractivity contribution in [2.24, 2.45) is 17.6 Å². The molecule has 1 unspecified atom stereocenters. The van der Waals surface area contributed by atoms with Crippen LogP contribution in [0.5, 0.6) is 0 Å². The molecule has 2 aromatic rings. The minimum absolute atomic E-state index is 0.0299. The number of nitrogens with one attached hydrogen (secondary N) is 9. The quantitative estimate of drug-likeness (QED) is 0.0231. The van der Waals surface area contributed by atoms with Gasteiger partial charge >= 0.3 is 23.7 Å². The Morgan fingerprint density at radius 3 is 1.85 bits per heavy atom. The van der Waals surface area contributed by atoms with Gasteiger partial charge in [0.2, 0.25) is 47.2 Å². The number of aromatic amines is 2. The Kier molecular flexibility index (Phi) is 28.8. The lowest BCUT2D eigenvalue weighted by Crippen LogP contribution is -2.61. The molecule has 2 aliphatic rings. The van der Waals surface area contributed by atoms with Crippen LogP contribution in [0.25, 0.3) is 0 Å². The van der Waals surface area contributed by atoms with Crippen molar-refractivity contribution >= 4 is 59.3 Å². The van der Waals surface area contributed by atoms with Crippen LogP contribution in [0.15, 0.2) is 28.3 Å². The minimum Gasteiger partial charge on any atom is -0.481 e. The van der Waals surface area contributed by atoms with Gasteiger partial charge in [0.1, 0.15) is 67.3 Å². The van der Waals surface area contributed by atoms with Gasteiger partial charge in [-0.1, -0.05) is 27.7 Å². The van der Waals surface area contributed by atoms with Crippen molar-refractivity contribution in [3.05, 3.63) is 51.1 Å². The van der Waals surface area contributed by atoms with Crippen LogP contribution in [-0.4, -0.2) is 229 Å². The van der Waals surface area contributed by atoms with Crippen LogP contribution in [-0.2, 0) is 63.8 Å². The first kappa shape index (κ1) is 71.6. The van der Waals surface area contributed by atoms with Crippen LogP contribution < -0.4 is 54.2 Å². The molecule has 87 heavy (non-hydrogen) atoms. The van der Waals surface area contributed by atoms with Crippen molar-refractivity contribution in [1.82, 2.24) is 66.5 Å². The summed E-state index contributed by atoms with van der Waals surface area (Å²) in [5, 5.41) is 58.1. The van der Waals surface area contributed by atoms with E-state index in [1.54, 1.807) is 32.7 Å². The third-order valence-electron chi connectivity index (χ3n) is 14.1. The van der Waals surface area contributed by atoms with Crippen molar-refractivity contribution in [3.63, 3.8) is 0 Å². The first-order valence-electron chi connectivity index (χ1n) is 28.5. The van der Waals surface area contributed by atoms with E-state index in [1.165, 1.54) is 31.4 Å². The zero-order valence-corrected chi connectivity index (χ0v) is 49.4. The molecule has 0 spiro atoms. The van der Waals surface area contributed by atoms with Gasteiger partial charge in [0, 0.05) is 51.3 Å². The third-order valence-corrected chi connectivity index (χ3v) is 14.1. The number of aliphatic carboxylic acids is 1. The third kappa shape index (κ3) is 22.4. The number of amides is 9. The Labute approximate surface area is 499 Å². The fourth-order valence-corrected chi connectivity index (χ4v) is 9.14. The number of carboxylic acid groups (broad SMARTS) is 1. The maximum absolute atomic E-state index is 14.2. The lowest BCUT2D eigenvalue weighted by Gasteiger charge is -2.31. The van der Waals surface area contributed by atoms with E-state index in [1.807, 2.05) is 0 Å². The van der Waals surface area contributed by atoms with Crippen molar-refractivity contribution in [2.45, 2.75) is 159 Å². The van der Waals surface area contributed by atoms with Gasteiger partial charge in [-0.25, -0.2) is 19.4 Å². The van der Waals surface area contributed by atoms with E-state index in [0.29, 0.717) is 18.3 Å². The molecule has 4 rings (SSSR count). The van der Waals surface area contributed by atoms with E-state index >= 15 is 0 Å². The number of morpholine rings is 1. The van der Waals surface area contributed by atoms with Crippen molar-refractivity contribution < 1.29 is 87.0 Å². The topological polar surface area (TPSA) is 480 Å². The number of esters is 1. The van der Waals surface area contributed by atoms with E-state index in [9.17, 15) is 82.4 Å². The summed E-state index contributed by atoms with van der Waals surface area (Å²) in [5.74, 6) is -11.1. The molecule has 0 bridgehead atoms. The number of carboxylic acids is 1. The largest absolute Gasteiger partial charge is 0.481 e. The fraction of sp³-hybridized carbons (Fsp3) is 0.679.